The van der Waals surface area contributed by atoms with Crippen molar-refractivity contribution < 1.29 is 13.9 Å². The highest BCUT2D eigenvalue weighted by Gasteiger charge is 2.09. The zero-order valence-electron chi connectivity index (χ0n) is 13.2. The Labute approximate surface area is 139 Å². The third-order valence-corrected chi connectivity index (χ3v) is 3.28. The van der Waals surface area contributed by atoms with Crippen LogP contribution in [0.3, 0.4) is 0 Å². The molecule has 24 heavy (non-hydrogen) atoms. The monoisotopic (exact) mass is 323 g/mol. The number of aromatic nitrogens is 2. The van der Waals surface area contributed by atoms with Gasteiger partial charge < -0.3 is 14.5 Å². The lowest BCUT2D eigenvalue weighted by Crippen LogP contribution is -2.28. The highest BCUT2D eigenvalue weighted by Crippen LogP contribution is 2.16. The van der Waals surface area contributed by atoms with E-state index >= 15 is 0 Å². The van der Waals surface area contributed by atoms with Crippen LogP contribution >= 0.6 is 0 Å². The fourth-order valence-electron chi connectivity index (χ4n) is 2.10. The number of carbonyl (C=O) groups is 1. The maximum atomic E-state index is 11.8. The van der Waals surface area contributed by atoms with Crippen molar-refractivity contribution in [3.63, 3.8) is 0 Å². The van der Waals surface area contributed by atoms with Gasteiger partial charge in [0.1, 0.15) is 5.75 Å². The molecule has 2 aromatic carbocycles. The Hall–Kier alpha value is -3.15. The summed E-state index contributed by atoms with van der Waals surface area (Å²) < 4.78 is 11.0. The van der Waals surface area contributed by atoms with Gasteiger partial charge in [0.15, 0.2) is 6.61 Å². The summed E-state index contributed by atoms with van der Waals surface area (Å²) in [5.74, 6) is 1.18. The average Bonchev–Trinajstić information content (AvgIpc) is 3.08. The quantitative estimate of drug-likeness (QED) is 0.755. The molecule has 1 N–H and O–H groups in total. The normalized spacial score (nSPS) is 10.4. The van der Waals surface area contributed by atoms with Crippen molar-refractivity contribution in [3.8, 4) is 17.2 Å². The van der Waals surface area contributed by atoms with Gasteiger partial charge in [0.25, 0.3) is 5.91 Å². The van der Waals surface area contributed by atoms with Crippen molar-refractivity contribution in [2.45, 2.75) is 13.5 Å². The lowest BCUT2D eigenvalue weighted by molar-refractivity contribution is -0.123. The molecule has 0 atom stereocenters. The Morgan fingerprint density at radius 1 is 1.12 bits per heavy atom. The van der Waals surface area contributed by atoms with Gasteiger partial charge in [0.2, 0.25) is 11.8 Å². The molecule has 122 valence electrons. The number of amides is 1. The summed E-state index contributed by atoms with van der Waals surface area (Å²) in [6.07, 6.45) is 0. The number of benzene rings is 2. The molecule has 0 aliphatic carbocycles. The highest BCUT2D eigenvalue weighted by atomic mass is 16.5. The Kier molecular flexibility index (Phi) is 4.86. The van der Waals surface area contributed by atoms with Gasteiger partial charge in [-0.1, -0.05) is 30.3 Å². The number of ether oxygens (including phenoxy) is 1. The molecule has 1 heterocycles. The highest BCUT2D eigenvalue weighted by molar-refractivity contribution is 5.77. The van der Waals surface area contributed by atoms with Crippen LogP contribution < -0.4 is 10.1 Å². The Bertz CT molecular complexity index is 815. The van der Waals surface area contributed by atoms with Gasteiger partial charge in [-0.25, -0.2) is 0 Å². The fourth-order valence-corrected chi connectivity index (χ4v) is 2.10. The van der Waals surface area contributed by atoms with Gasteiger partial charge in [-0.05, 0) is 36.8 Å². The smallest absolute Gasteiger partial charge is 0.258 e. The topological polar surface area (TPSA) is 77.2 Å². The third kappa shape index (κ3) is 4.19. The number of rotatable bonds is 6. The van der Waals surface area contributed by atoms with Gasteiger partial charge in [-0.2, -0.15) is 0 Å². The standard InChI is InChI=1S/C18H17N3O3/c1-13-6-5-9-15(10-13)23-12-16(22)19-11-17-20-21-18(24-17)14-7-3-2-4-8-14/h2-10H,11-12H2,1H3,(H,19,22). The Balaban J connectivity index is 1.49. The predicted octanol–water partition coefficient (Wildman–Crippen LogP) is 2.74. The van der Waals surface area contributed by atoms with Crippen molar-refractivity contribution in [3.05, 3.63) is 66.1 Å². The molecule has 6 heteroatoms. The summed E-state index contributed by atoms with van der Waals surface area (Å²) in [7, 11) is 0. The minimum atomic E-state index is -0.254. The van der Waals surface area contributed by atoms with Gasteiger partial charge in [0, 0.05) is 5.56 Å². The van der Waals surface area contributed by atoms with E-state index in [-0.39, 0.29) is 19.1 Å². The van der Waals surface area contributed by atoms with Crippen LogP contribution in [0.4, 0.5) is 0 Å². The molecule has 0 saturated heterocycles. The maximum absolute atomic E-state index is 11.8. The summed E-state index contributed by atoms with van der Waals surface area (Å²) in [6, 6.07) is 17.0. The van der Waals surface area contributed by atoms with Crippen LogP contribution in [0.15, 0.2) is 59.0 Å². The van der Waals surface area contributed by atoms with Gasteiger partial charge >= 0.3 is 0 Å². The summed E-state index contributed by atoms with van der Waals surface area (Å²) in [4.78, 5) is 11.8. The lowest BCUT2D eigenvalue weighted by atomic mass is 10.2. The average molecular weight is 323 g/mol. The van der Waals surface area contributed by atoms with E-state index in [4.69, 9.17) is 9.15 Å². The first-order chi connectivity index (χ1) is 11.7. The minimum absolute atomic E-state index is 0.0663. The van der Waals surface area contributed by atoms with Crippen molar-refractivity contribution in [1.29, 1.82) is 0 Å². The lowest BCUT2D eigenvalue weighted by Gasteiger charge is -2.06. The zero-order chi connectivity index (χ0) is 16.8. The van der Waals surface area contributed by atoms with Gasteiger partial charge in [-0.3, -0.25) is 4.79 Å². The molecule has 0 radical (unpaired) electrons. The molecule has 3 rings (SSSR count). The van der Waals surface area contributed by atoms with E-state index in [9.17, 15) is 4.79 Å². The van der Waals surface area contributed by atoms with Crippen LogP contribution in [0.25, 0.3) is 11.5 Å². The molecule has 0 spiro atoms. The predicted molar refractivity (Wildman–Crippen MR) is 88.3 cm³/mol. The molecule has 6 nitrogen and oxygen atoms in total. The fraction of sp³-hybridized carbons (Fsp3) is 0.167. The summed E-state index contributed by atoms with van der Waals surface area (Å²) in [6.45, 7) is 2.06. The number of hydrogen-bond donors (Lipinski definition) is 1. The summed E-state index contributed by atoms with van der Waals surface area (Å²) in [5.41, 5.74) is 1.91. The molecule has 0 fully saturated rings. The van der Waals surface area contributed by atoms with E-state index in [1.807, 2.05) is 61.5 Å². The molecule has 0 aliphatic rings. The first-order valence-electron chi connectivity index (χ1n) is 7.55. The first-order valence-corrected chi connectivity index (χ1v) is 7.55. The molecule has 0 saturated carbocycles. The molecule has 3 aromatic rings. The van der Waals surface area contributed by atoms with E-state index in [0.29, 0.717) is 17.5 Å². The van der Waals surface area contributed by atoms with Crippen LogP contribution in [0.1, 0.15) is 11.5 Å². The van der Waals surface area contributed by atoms with Crippen LogP contribution in [0, 0.1) is 6.92 Å². The van der Waals surface area contributed by atoms with E-state index in [0.717, 1.165) is 11.1 Å². The molecule has 0 bridgehead atoms. The molecular weight excluding hydrogens is 306 g/mol. The maximum Gasteiger partial charge on any atom is 0.258 e. The molecule has 1 amide bonds. The van der Waals surface area contributed by atoms with Crippen LogP contribution in [-0.4, -0.2) is 22.7 Å². The summed E-state index contributed by atoms with van der Waals surface area (Å²) >= 11 is 0. The first kappa shape index (κ1) is 15.7. The van der Waals surface area contributed by atoms with Crippen LogP contribution in [-0.2, 0) is 11.3 Å². The van der Waals surface area contributed by atoms with Crippen molar-refractivity contribution in [1.82, 2.24) is 15.5 Å². The molecule has 1 aromatic heterocycles. The van der Waals surface area contributed by atoms with E-state index in [1.165, 1.54) is 0 Å². The van der Waals surface area contributed by atoms with Crippen molar-refractivity contribution in [2.75, 3.05) is 6.61 Å². The van der Waals surface area contributed by atoms with Gasteiger partial charge in [-0.15, -0.1) is 10.2 Å². The second-order valence-electron chi connectivity index (χ2n) is 5.25. The molecule has 0 unspecified atom stereocenters. The second-order valence-corrected chi connectivity index (χ2v) is 5.25. The largest absolute Gasteiger partial charge is 0.484 e. The van der Waals surface area contributed by atoms with Crippen LogP contribution in [0.5, 0.6) is 5.75 Å². The zero-order valence-corrected chi connectivity index (χ0v) is 13.2. The van der Waals surface area contributed by atoms with Crippen LogP contribution in [0.2, 0.25) is 0 Å². The van der Waals surface area contributed by atoms with Crippen molar-refractivity contribution in [2.24, 2.45) is 0 Å². The SMILES string of the molecule is Cc1cccc(OCC(=O)NCc2nnc(-c3ccccc3)o2)c1. The number of carbonyl (C=O) groups excluding carboxylic acids is 1. The van der Waals surface area contributed by atoms with E-state index in [2.05, 4.69) is 15.5 Å². The third-order valence-electron chi connectivity index (χ3n) is 3.28. The van der Waals surface area contributed by atoms with E-state index < -0.39 is 0 Å². The number of hydrogen-bond acceptors (Lipinski definition) is 5. The molecular formula is C18H17N3O3. The van der Waals surface area contributed by atoms with E-state index in [1.54, 1.807) is 0 Å². The second kappa shape index (κ2) is 7.41. The number of nitrogens with one attached hydrogen (secondary N) is 1. The minimum Gasteiger partial charge on any atom is -0.484 e. The Morgan fingerprint density at radius 2 is 1.96 bits per heavy atom. The number of aryl methyl sites for hydroxylation is 1. The summed E-state index contributed by atoms with van der Waals surface area (Å²) in [5, 5.41) is 10.6. The Morgan fingerprint density at radius 3 is 2.75 bits per heavy atom. The van der Waals surface area contributed by atoms with Gasteiger partial charge in [0.05, 0.1) is 6.54 Å². The number of nitrogens with zero attached hydrogens (tertiary/aromatic N) is 2. The molecule has 0 aliphatic heterocycles. The van der Waals surface area contributed by atoms with Crippen molar-refractivity contribution >= 4 is 5.91 Å².